The van der Waals surface area contributed by atoms with Crippen molar-refractivity contribution in [3.8, 4) is 0 Å². The van der Waals surface area contributed by atoms with Crippen LogP contribution in [-0.4, -0.2) is 131 Å². The van der Waals surface area contributed by atoms with Crippen LogP contribution in [0.1, 0.15) is 32.6 Å². The van der Waals surface area contributed by atoms with E-state index in [0.29, 0.717) is 28.4 Å². The van der Waals surface area contributed by atoms with Gasteiger partial charge >= 0.3 is 6.18 Å². The Morgan fingerprint density at radius 1 is 0.721 bits per heavy atom. The number of likely N-dealkylation sites (N-methyl/N-ethyl adjacent to an activating group) is 2. The van der Waals surface area contributed by atoms with Gasteiger partial charge in [-0.15, -0.1) is 0 Å². The Kier molecular flexibility index (Phi) is 15.0. The summed E-state index contributed by atoms with van der Waals surface area (Å²) < 4.78 is 57.6. The number of benzene rings is 4. The van der Waals surface area contributed by atoms with Crippen LogP contribution in [0, 0.1) is 12.7 Å². The molecule has 3 N–H and O–H groups in total. The highest BCUT2D eigenvalue weighted by Gasteiger charge is 2.36. The normalized spacial score (nSPS) is 15.2. The van der Waals surface area contributed by atoms with E-state index in [2.05, 4.69) is 64.6 Å². The zero-order chi connectivity index (χ0) is 48.0. The first-order valence-electron chi connectivity index (χ1n) is 22.3. The number of hydrogen-bond donors (Lipinski definition) is 3. The van der Waals surface area contributed by atoms with Crippen molar-refractivity contribution in [2.45, 2.75) is 26.2 Å². The molecule has 0 spiro atoms. The zero-order valence-corrected chi connectivity index (χ0v) is 39.1. The number of anilines is 8. The van der Waals surface area contributed by atoms with Crippen LogP contribution in [0.2, 0.25) is 5.02 Å². The summed E-state index contributed by atoms with van der Waals surface area (Å²) in [6.07, 6.45) is -2.45. The highest BCUT2D eigenvalue weighted by molar-refractivity contribution is 6.31. The fourth-order valence-electron chi connectivity index (χ4n) is 7.93. The van der Waals surface area contributed by atoms with E-state index in [0.717, 1.165) is 82.8 Å². The van der Waals surface area contributed by atoms with E-state index in [-0.39, 0.29) is 34.8 Å². The van der Waals surface area contributed by atoms with Gasteiger partial charge < -0.3 is 30.7 Å². The number of aryl methyl sites for hydroxylation is 1. The molecule has 14 nitrogen and oxygen atoms in total. The molecule has 2 fully saturated rings. The van der Waals surface area contributed by atoms with Crippen molar-refractivity contribution in [1.82, 2.24) is 44.4 Å². The number of aromatic nitrogens is 4. The second-order valence-electron chi connectivity index (χ2n) is 17.3. The topological polar surface area (TPSA) is 124 Å². The van der Waals surface area contributed by atoms with E-state index in [1.54, 1.807) is 36.3 Å². The van der Waals surface area contributed by atoms with Gasteiger partial charge in [0.2, 0.25) is 11.9 Å². The number of para-hydroxylation sites is 1. The third-order valence-corrected chi connectivity index (χ3v) is 12.3. The lowest BCUT2D eigenvalue weighted by Gasteiger charge is -2.32. The molecule has 2 saturated heterocycles. The molecular weight excluding hydrogens is 898 g/mol. The number of rotatable bonds is 15. The summed E-state index contributed by atoms with van der Waals surface area (Å²) in [5, 5.41) is 9.00. The Morgan fingerprint density at radius 2 is 1.32 bits per heavy atom. The highest BCUT2D eigenvalue weighted by Crippen LogP contribution is 2.36. The number of nitrogens with one attached hydrogen (secondary N) is 3. The van der Waals surface area contributed by atoms with Gasteiger partial charge in [0, 0.05) is 108 Å². The Bertz CT molecular complexity index is 2680. The lowest BCUT2D eigenvalue weighted by molar-refractivity contribution is -0.137. The summed E-state index contributed by atoms with van der Waals surface area (Å²) in [6.45, 7) is 11.2. The summed E-state index contributed by atoms with van der Waals surface area (Å²) in [5.41, 5.74) is 3.79. The van der Waals surface area contributed by atoms with Crippen LogP contribution in [0.25, 0.3) is 0 Å². The van der Waals surface area contributed by atoms with Crippen LogP contribution >= 0.6 is 11.6 Å². The number of carbonyl (C=O) groups excluding carboxylic acids is 1. The molecule has 6 aromatic rings. The van der Waals surface area contributed by atoms with E-state index < -0.39 is 29.3 Å². The fourth-order valence-corrected chi connectivity index (χ4v) is 8.11. The lowest BCUT2D eigenvalue weighted by Crippen LogP contribution is -2.43. The molecule has 2 aromatic heterocycles. The largest absolute Gasteiger partial charge is 0.421 e. The number of carbonyl (C=O) groups is 1. The van der Waals surface area contributed by atoms with E-state index in [9.17, 15) is 22.4 Å². The summed E-state index contributed by atoms with van der Waals surface area (Å²) in [6, 6.07) is 26.1. The first-order valence-corrected chi connectivity index (χ1v) is 22.7. The molecule has 0 unspecified atom stereocenters. The van der Waals surface area contributed by atoms with Crippen LogP contribution < -0.4 is 20.9 Å². The zero-order valence-electron chi connectivity index (χ0n) is 38.4. The summed E-state index contributed by atoms with van der Waals surface area (Å²) >= 11 is 6.09. The van der Waals surface area contributed by atoms with Crippen molar-refractivity contribution in [2.75, 3.05) is 101 Å². The predicted molar refractivity (Wildman–Crippen MR) is 259 cm³/mol. The molecule has 2 aliphatic heterocycles. The quantitative estimate of drug-likeness (QED) is 0.0671. The average Bonchev–Trinajstić information content (AvgIpc) is 3.32. The molecule has 8 rings (SSSR count). The summed E-state index contributed by atoms with van der Waals surface area (Å²) in [4.78, 5) is 44.9. The van der Waals surface area contributed by atoms with Crippen molar-refractivity contribution < 1.29 is 22.4 Å². The van der Waals surface area contributed by atoms with Crippen LogP contribution in [-0.2, 0) is 19.3 Å². The molecule has 0 bridgehead atoms. The van der Waals surface area contributed by atoms with E-state index in [1.165, 1.54) is 29.2 Å². The Morgan fingerprint density at radius 3 is 1.94 bits per heavy atom. The number of nitrogens with zero attached hydrogens (tertiary/aromatic N) is 10. The third kappa shape index (κ3) is 12.2. The number of hydrogen-bond acceptors (Lipinski definition) is 13. The van der Waals surface area contributed by atoms with Gasteiger partial charge in [-0.3, -0.25) is 19.5 Å². The van der Waals surface area contributed by atoms with Crippen LogP contribution in [0.4, 0.5) is 63.8 Å². The van der Waals surface area contributed by atoms with Crippen molar-refractivity contribution in [3.05, 3.63) is 142 Å². The molecule has 4 heterocycles. The first-order chi connectivity index (χ1) is 32.6. The van der Waals surface area contributed by atoms with Crippen LogP contribution in [0.15, 0.2) is 103 Å². The molecule has 0 radical (unpaired) electrons. The number of amides is 1. The second-order valence-corrected chi connectivity index (χ2v) is 17.7. The summed E-state index contributed by atoms with van der Waals surface area (Å²) in [5.74, 6) is -0.989. The number of piperazine rings is 2. The molecular formula is C49H54ClF4N13O. The monoisotopic (exact) mass is 951 g/mol. The maximum absolute atomic E-state index is 14.5. The molecule has 19 heteroatoms. The minimum Gasteiger partial charge on any atom is -0.340 e. The maximum atomic E-state index is 14.5. The predicted octanol–water partition coefficient (Wildman–Crippen LogP) is 8.98. The van der Waals surface area contributed by atoms with E-state index in [4.69, 9.17) is 16.6 Å². The van der Waals surface area contributed by atoms with Crippen molar-refractivity contribution >= 4 is 63.8 Å². The van der Waals surface area contributed by atoms with Gasteiger partial charge in [-0.05, 0) is 86.7 Å². The number of alkyl halides is 3. The molecule has 0 saturated carbocycles. The first kappa shape index (κ1) is 48.0. The smallest absolute Gasteiger partial charge is 0.340 e. The van der Waals surface area contributed by atoms with Gasteiger partial charge in [0.05, 0.1) is 16.3 Å². The van der Waals surface area contributed by atoms with Gasteiger partial charge in [-0.1, -0.05) is 48.0 Å². The minimum absolute atomic E-state index is 0.0561. The SMILES string of the molecule is Cc1cnc(N(CN(C)C(=O)c2ccccc2Nc2nc(Nc3ccc(CN4CCN(C)CC4)cc3)ncc2C(F)(F)F)c2ccc(CN3CCN(C)CC3)cc2)nc1Nc1ccc(F)c(Cl)c1. The van der Waals surface area contributed by atoms with E-state index >= 15 is 0 Å². The van der Waals surface area contributed by atoms with Gasteiger partial charge in [0.1, 0.15) is 29.7 Å². The van der Waals surface area contributed by atoms with Crippen molar-refractivity contribution in [1.29, 1.82) is 0 Å². The molecule has 68 heavy (non-hydrogen) atoms. The maximum Gasteiger partial charge on any atom is 0.421 e. The Labute approximate surface area is 398 Å². The number of halogens is 5. The van der Waals surface area contributed by atoms with Gasteiger partial charge in [0.15, 0.2) is 0 Å². The average molecular weight is 953 g/mol. The van der Waals surface area contributed by atoms with E-state index in [1.807, 2.05) is 55.5 Å². The van der Waals surface area contributed by atoms with Crippen LogP contribution in [0.5, 0.6) is 0 Å². The van der Waals surface area contributed by atoms with Gasteiger partial charge in [-0.25, -0.2) is 14.4 Å². The third-order valence-electron chi connectivity index (χ3n) is 12.0. The molecule has 0 aliphatic carbocycles. The minimum atomic E-state index is -4.81. The Balaban J connectivity index is 1.04. The second kappa shape index (κ2) is 21.2. The summed E-state index contributed by atoms with van der Waals surface area (Å²) in [7, 11) is 5.82. The standard InChI is InChI=1S/C49H54ClF4N13O/c1-33-28-56-48(61-44(33)57-37-15-18-42(51)41(50)27-37)67(38-16-11-35(12-17-38)31-66-25-21-63(3)22-26-66)32-64(4)46(68)39-7-5-6-8-43(39)59-45-40(49(52,53)54)29-55-47(60-45)58-36-13-9-34(10-14-36)30-65-23-19-62(2)20-24-65/h5-18,27-29H,19-26,30-32H2,1-4H3,(H,56,57,61)(H2,55,58,59,60). The lowest BCUT2D eigenvalue weighted by atomic mass is 10.1. The molecule has 1 amide bonds. The van der Waals surface area contributed by atoms with Crippen LogP contribution in [0.3, 0.4) is 0 Å². The van der Waals surface area contributed by atoms with Crippen molar-refractivity contribution in [2.24, 2.45) is 0 Å². The Hall–Kier alpha value is -6.44. The molecule has 4 aromatic carbocycles. The molecule has 0 atom stereocenters. The fraction of sp³-hybridized carbons (Fsp3) is 0.327. The highest BCUT2D eigenvalue weighted by atomic mass is 35.5. The van der Waals surface area contributed by atoms with Gasteiger partial charge in [-0.2, -0.15) is 23.1 Å². The molecule has 356 valence electrons. The van der Waals surface area contributed by atoms with Gasteiger partial charge in [0.25, 0.3) is 5.91 Å². The van der Waals surface area contributed by atoms with Crippen molar-refractivity contribution in [3.63, 3.8) is 0 Å². The molecule has 2 aliphatic rings.